The van der Waals surface area contributed by atoms with E-state index in [1.165, 1.54) is 18.2 Å². The summed E-state index contributed by atoms with van der Waals surface area (Å²) in [4.78, 5) is 15.7. The summed E-state index contributed by atoms with van der Waals surface area (Å²) < 4.78 is 13.4. The highest BCUT2D eigenvalue weighted by Crippen LogP contribution is 2.15. The average Bonchev–Trinajstić information content (AvgIpc) is 2.40. The number of carbonyl (C=O) groups excluding carboxylic acids is 1. The first-order chi connectivity index (χ1) is 9.08. The number of aromatic nitrogens is 1. The molecule has 19 heavy (non-hydrogen) atoms. The van der Waals surface area contributed by atoms with Gasteiger partial charge in [-0.05, 0) is 18.2 Å². The van der Waals surface area contributed by atoms with Crippen molar-refractivity contribution in [2.75, 3.05) is 5.73 Å². The van der Waals surface area contributed by atoms with Crippen LogP contribution in [0.1, 0.15) is 16.1 Å². The maximum absolute atomic E-state index is 13.4. The topological polar surface area (TPSA) is 68.0 Å². The van der Waals surface area contributed by atoms with Crippen molar-refractivity contribution in [2.24, 2.45) is 0 Å². The van der Waals surface area contributed by atoms with Gasteiger partial charge in [-0.1, -0.05) is 29.8 Å². The van der Waals surface area contributed by atoms with Crippen LogP contribution in [-0.4, -0.2) is 10.9 Å². The van der Waals surface area contributed by atoms with Gasteiger partial charge < -0.3 is 11.1 Å². The Kier molecular flexibility index (Phi) is 3.97. The van der Waals surface area contributed by atoms with Crippen LogP contribution < -0.4 is 11.1 Å². The Labute approximate surface area is 114 Å². The van der Waals surface area contributed by atoms with Crippen molar-refractivity contribution in [3.8, 4) is 0 Å². The number of hydrogen-bond acceptors (Lipinski definition) is 3. The molecule has 0 saturated heterocycles. The van der Waals surface area contributed by atoms with Crippen LogP contribution in [0.4, 0.5) is 10.2 Å². The molecule has 3 N–H and O–H groups in total. The van der Waals surface area contributed by atoms with Gasteiger partial charge >= 0.3 is 0 Å². The number of nitrogens with one attached hydrogen (secondary N) is 1. The van der Waals surface area contributed by atoms with Crippen molar-refractivity contribution in [1.29, 1.82) is 0 Å². The van der Waals surface area contributed by atoms with Crippen molar-refractivity contribution >= 4 is 23.3 Å². The van der Waals surface area contributed by atoms with Gasteiger partial charge in [0.1, 0.15) is 17.3 Å². The van der Waals surface area contributed by atoms with Gasteiger partial charge in [0.05, 0.1) is 5.02 Å². The highest BCUT2D eigenvalue weighted by Gasteiger charge is 2.13. The minimum Gasteiger partial charge on any atom is -0.384 e. The largest absolute Gasteiger partial charge is 0.384 e. The number of nitrogens with zero attached hydrogens (tertiary/aromatic N) is 1. The van der Waals surface area contributed by atoms with Crippen LogP contribution >= 0.6 is 11.6 Å². The number of benzene rings is 1. The van der Waals surface area contributed by atoms with E-state index in [1.54, 1.807) is 18.2 Å². The van der Waals surface area contributed by atoms with Gasteiger partial charge in [-0.15, -0.1) is 0 Å². The van der Waals surface area contributed by atoms with Crippen LogP contribution in [0.3, 0.4) is 0 Å². The Morgan fingerprint density at radius 2 is 2.05 bits per heavy atom. The van der Waals surface area contributed by atoms with E-state index < -0.39 is 5.91 Å². The first kappa shape index (κ1) is 13.3. The fourth-order valence-electron chi connectivity index (χ4n) is 1.52. The molecule has 0 aliphatic rings. The minimum atomic E-state index is -0.499. The molecule has 0 saturated carbocycles. The molecular formula is C13H11ClFN3O. The smallest absolute Gasteiger partial charge is 0.271 e. The molecule has 2 aromatic rings. The number of nitrogens with two attached hydrogens (primary N) is 1. The van der Waals surface area contributed by atoms with Crippen LogP contribution in [0.2, 0.25) is 5.02 Å². The van der Waals surface area contributed by atoms with E-state index in [4.69, 9.17) is 17.3 Å². The highest BCUT2D eigenvalue weighted by atomic mass is 35.5. The van der Waals surface area contributed by atoms with Crippen LogP contribution in [0.25, 0.3) is 0 Å². The molecule has 0 spiro atoms. The fraction of sp³-hybridized carbons (Fsp3) is 0.0769. The highest BCUT2D eigenvalue weighted by molar-refractivity contribution is 6.33. The van der Waals surface area contributed by atoms with Gasteiger partial charge in [0.2, 0.25) is 0 Å². The lowest BCUT2D eigenvalue weighted by Crippen LogP contribution is -2.25. The molecule has 6 heteroatoms. The number of pyridine rings is 1. The van der Waals surface area contributed by atoms with Gasteiger partial charge in [-0.25, -0.2) is 9.37 Å². The number of rotatable bonds is 3. The normalized spacial score (nSPS) is 10.2. The van der Waals surface area contributed by atoms with Crippen molar-refractivity contribution < 1.29 is 9.18 Å². The Morgan fingerprint density at radius 1 is 1.32 bits per heavy atom. The molecule has 0 unspecified atom stereocenters. The van der Waals surface area contributed by atoms with Crippen molar-refractivity contribution in [2.45, 2.75) is 6.54 Å². The summed E-state index contributed by atoms with van der Waals surface area (Å²) in [6, 6.07) is 9.17. The third-order valence-corrected chi connectivity index (χ3v) is 2.78. The van der Waals surface area contributed by atoms with E-state index in [9.17, 15) is 9.18 Å². The Hall–Kier alpha value is -2.14. The summed E-state index contributed by atoms with van der Waals surface area (Å²) in [5, 5.41) is 2.74. The first-order valence-electron chi connectivity index (χ1n) is 5.51. The summed E-state index contributed by atoms with van der Waals surface area (Å²) >= 11 is 5.85. The first-order valence-corrected chi connectivity index (χ1v) is 5.89. The zero-order chi connectivity index (χ0) is 13.8. The molecule has 98 valence electrons. The van der Waals surface area contributed by atoms with Crippen LogP contribution in [0.15, 0.2) is 36.4 Å². The third kappa shape index (κ3) is 3.20. The maximum Gasteiger partial charge on any atom is 0.271 e. The number of anilines is 1. The molecule has 1 aromatic heterocycles. The molecule has 0 aliphatic carbocycles. The molecule has 0 radical (unpaired) electrons. The molecule has 1 aromatic carbocycles. The van der Waals surface area contributed by atoms with Crippen molar-refractivity contribution in [1.82, 2.24) is 10.3 Å². The third-order valence-electron chi connectivity index (χ3n) is 2.48. The van der Waals surface area contributed by atoms with Gasteiger partial charge in [-0.3, -0.25) is 4.79 Å². The zero-order valence-electron chi connectivity index (χ0n) is 9.86. The Bertz CT molecular complexity index is 619. The second-order valence-electron chi connectivity index (χ2n) is 3.84. The predicted molar refractivity (Wildman–Crippen MR) is 71.2 cm³/mol. The van der Waals surface area contributed by atoms with Crippen LogP contribution in [0.5, 0.6) is 0 Å². The summed E-state index contributed by atoms with van der Waals surface area (Å²) in [7, 11) is 0. The van der Waals surface area contributed by atoms with Gasteiger partial charge in [0, 0.05) is 12.1 Å². The SMILES string of the molecule is Nc1ccc(Cl)c(C(=O)NCc2ccccc2F)n1. The van der Waals surface area contributed by atoms with E-state index in [-0.39, 0.29) is 28.9 Å². The van der Waals surface area contributed by atoms with E-state index in [1.807, 2.05) is 0 Å². The number of halogens is 2. The zero-order valence-corrected chi connectivity index (χ0v) is 10.6. The Balaban J connectivity index is 2.10. The minimum absolute atomic E-state index is 0.0259. The van der Waals surface area contributed by atoms with E-state index >= 15 is 0 Å². The predicted octanol–water partition coefficient (Wildman–Crippen LogP) is 2.39. The molecule has 0 bridgehead atoms. The fourth-order valence-corrected chi connectivity index (χ4v) is 1.71. The molecular weight excluding hydrogens is 269 g/mol. The van der Waals surface area contributed by atoms with E-state index in [0.717, 1.165) is 0 Å². The number of carbonyl (C=O) groups is 1. The lowest BCUT2D eigenvalue weighted by Gasteiger charge is -2.07. The molecule has 0 aliphatic heterocycles. The second kappa shape index (κ2) is 5.67. The van der Waals surface area contributed by atoms with Crippen LogP contribution in [0, 0.1) is 5.82 Å². The van der Waals surface area contributed by atoms with Crippen molar-refractivity contribution in [3.63, 3.8) is 0 Å². The number of hydrogen-bond donors (Lipinski definition) is 2. The van der Waals surface area contributed by atoms with Gasteiger partial charge in [-0.2, -0.15) is 0 Å². The lowest BCUT2D eigenvalue weighted by molar-refractivity contribution is 0.0946. The molecule has 0 atom stereocenters. The number of amides is 1. The number of nitrogen functional groups attached to an aromatic ring is 1. The Morgan fingerprint density at radius 3 is 2.79 bits per heavy atom. The van der Waals surface area contributed by atoms with E-state index in [2.05, 4.69) is 10.3 Å². The molecule has 1 amide bonds. The van der Waals surface area contributed by atoms with Crippen LogP contribution in [-0.2, 0) is 6.54 Å². The summed E-state index contributed by atoms with van der Waals surface area (Å²) in [6.07, 6.45) is 0. The monoisotopic (exact) mass is 279 g/mol. The molecule has 2 rings (SSSR count). The van der Waals surface area contributed by atoms with Crippen molar-refractivity contribution in [3.05, 3.63) is 58.5 Å². The maximum atomic E-state index is 13.4. The lowest BCUT2D eigenvalue weighted by atomic mass is 10.2. The quantitative estimate of drug-likeness (QED) is 0.906. The molecule has 1 heterocycles. The van der Waals surface area contributed by atoms with E-state index in [0.29, 0.717) is 5.56 Å². The summed E-state index contributed by atoms with van der Waals surface area (Å²) in [5.41, 5.74) is 5.90. The summed E-state index contributed by atoms with van der Waals surface area (Å²) in [6.45, 7) is 0.0539. The van der Waals surface area contributed by atoms with Gasteiger partial charge in [0.15, 0.2) is 0 Å². The second-order valence-corrected chi connectivity index (χ2v) is 4.25. The standard InChI is InChI=1S/C13H11ClFN3O/c14-9-5-6-11(16)18-12(9)13(19)17-7-8-3-1-2-4-10(8)15/h1-6H,7H2,(H2,16,18)(H,17,19). The molecule has 0 fully saturated rings. The summed E-state index contributed by atoms with van der Waals surface area (Å²) in [5.74, 6) is -0.685. The molecule has 4 nitrogen and oxygen atoms in total. The average molecular weight is 280 g/mol. The van der Waals surface area contributed by atoms with Gasteiger partial charge in [0.25, 0.3) is 5.91 Å².